The fourth-order valence-corrected chi connectivity index (χ4v) is 5.90. The Kier molecular flexibility index (Phi) is 7.79. The summed E-state index contributed by atoms with van der Waals surface area (Å²) in [6.07, 6.45) is 0.894. The molecular weight excluding hydrogens is 502 g/mol. The Balaban J connectivity index is 0.00000280. The number of aryl methyl sites for hydroxylation is 3. The van der Waals surface area contributed by atoms with Gasteiger partial charge in [0.1, 0.15) is 0 Å². The zero-order valence-electron chi connectivity index (χ0n) is 20.8. The Hall–Kier alpha value is -3.33. The van der Waals surface area contributed by atoms with Gasteiger partial charge in [-0.25, -0.2) is 9.67 Å². The number of tetrazole rings is 1. The van der Waals surface area contributed by atoms with Crippen LogP contribution in [0.5, 0.6) is 0 Å². The van der Waals surface area contributed by atoms with E-state index in [1.54, 1.807) is 11.3 Å². The Morgan fingerprint density at radius 2 is 1.59 bits per heavy atom. The highest BCUT2D eigenvalue weighted by Crippen LogP contribution is 2.32. The van der Waals surface area contributed by atoms with E-state index in [-0.39, 0.29) is 18.4 Å². The minimum absolute atomic E-state index is 0. The maximum Gasteiger partial charge on any atom is 0.186 e. The van der Waals surface area contributed by atoms with Crippen LogP contribution in [-0.4, -0.2) is 56.3 Å². The summed E-state index contributed by atoms with van der Waals surface area (Å²) in [6, 6.07) is 27.7. The predicted octanol–water partition coefficient (Wildman–Crippen LogP) is 5.17. The lowest BCUT2D eigenvalue weighted by Crippen LogP contribution is -2.48. The second-order valence-corrected chi connectivity index (χ2v) is 10.3. The van der Waals surface area contributed by atoms with Crippen molar-refractivity contribution < 1.29 is 0 Å². The van der Waals surface area contributed by atoms with E-state index in [2.05, 4.69) is 105 Å². The van der Waals surface area contributed by atoms with Crippen LogP contribution in [0.15, 0.2) is 78.9 Å². The zero-order valence-corrected chi connectivity index (χ0v) is 22.4. The average molecular weight is 532 g/mol. The average Bonchev–Trinajstić information content (AvgIpc) is 3.57. The number of hydrogen-bond donors (Lipinski definition) is 0. The Labute approximate surface area is 227 Å². The van der Waals surface area contributed by atoms with Crippen LogP contribution in [0.4, 0.5) is 5.13 Å². The Morgan fingerprint density at radius 1 is 0.865 bits per heavy atom. The first-order valence-electron chi connectivity index (χ1n) is 12.5. The van der Waals surface area contributed by atoms with Gasteiger partial charge in [0.15, 0.2) is 11.0 Å². The van der Waals surface area contributed by atoms with Crippen molar-refractivity contribution in [3.8, 4) is 0 Å². The Bertz CT molecular complexity index is 1390. The quantitative estimate of drug-likeness (QED) is 0.289. The van der Waals surface area contributed by atoms with Gasteiger partial charge >= 0.3 is 0 Å². The summed E-state index contributed by atoms with van der Waals surface area (Å²) >= 11 is 1.78. The molecule has 0 radical (unpaired) electrons. The minimum Gasteiger partial charge on any atom is -0.345 e. The summed E-state index contributed by atoms with van der Waals surface area (Å²) in [7, 11) is 0. The molecule has 7 nitrogen and oxygen atoms in total. The molecule has 9 heteroatoms. The van der Waals surface area contributed by atoms with E-state index in [1.165, 1.54) is 21.4 Å². The molecule has 1 aliphatic rings. The molecule has 2 aromatic heterocycles. The van der Waals surface area contributed by atoms with Crippen LogP contribution < -0.4 is 4.90 Å². The number of hydrogen-bond acceptors (Lipinski definition) is 7. The lowest BCUT2D eigenvalue weighted by molar-refractivity contribution is 0.200. The summed E-state index contributed by atoms with van der Waals surface area (Å²) in [6.45, 7) is 6.56. The molecule has 3 aromatic carbocycles. The predicted molar refractivity (Wildman–Crippen MR) is 152 cm³/mol. The van der Waals surface area contributed by atoms with E-state index in [9.17, 15) is 0 Å². The summed E-state index contributed by atoms with van der Waals surface area (Å²) in [4.78, 5) is 9.80. The van der Waals surface area contributed by atoms with Crippen LogP contribution in [-0.2, 0) is 13.0 Å². The first-order chi connectivity index (χ1) is 17.7. The van der Waals surface area contributed by atoms with Gasteiger partial charge in [-0.1, -0.05) is 83.6 Å². The number of piperazine rings is 1. The summed E-state index contributed by atoms with van der Waals surface area (Å²) in [5.74, 6) is 0.906. The maximum atomic E-state index is 4.88. The second-order valence-electron chi connectivity index (χ2n) is 9.30. The van der Waals surface area contributed by atoms with Crippen molar-refractivity contribution in [2.45, 2.75) is 25.9 Å². The number of halogens is 1. The molecule has 1 fully saturated rings. The lowest BCUT2D eigenvalue weighted by atomic mass is 10.0. The molecular formula is C28H30ClN7S. The van der Waals surface area contributed by atoms with Gasteiger partial charge in [0.05, 0.1) is 16.3 Å². The van der Waals surface area contributed by atoms with Crippen LogP contribution in [0.25, 0.3) is 10.2 Å². The molecule has 0 saturated carbocycles. The number of thiazole rings is 1. The van der Waals surface area contributed by atoms with Crippen LogP contribution in [0.1, 0.15) is 28.6 Å². The highest BCUT2D eigenvalue weighted by atomic mass is 35.5. The summed E-state index contributed by atoms with van der Waals surface area (Å²) in [5, 5.41) is 14.1. The molecule has 0 aliphatic carbocycles. The second kappa shape index (κ2) is 11.4. The van der Waals surface area contributed by atoms with E-state index in [1.807, 2.05) is 10.7 Å². The van der Waals surface area contributed by atoms with Gasteiger partial charge in [0.2, 0.25) is 0 Å². The molecule has 1 unspecified atom stereocenters. The molecule has 0 N–H and O–H groups in total. The van der Waals surface area contributed by atoms with Gasteiger partial charge in [-0.15, -0.1) is 17.5 Å². The van der Waals surface area contributed by atoms with Crippen molar-refractivity contribution in [1.29, 1.82) is 0 Å². The third-order valence-electron chi connectivity index (χ3n) is 6.88. The molecule has 5 aromatic rings. The van der Waals surface area contributed by atoms with E-state index < -0.39 is 0 Å². The lowest BCUT2D eigenvalue weighted by Gasteiger charge is -2.38. The van der Waals surface area contributed by atoms with Crippen molar-refractivity contribution in [1.82, 2.24) is 30.1 Å². The number of anilines is 1. The van der Waals surface area contributed by atoms with Gasteiger partial charge in [-0.05, 0) is 47.0 Å². The number of rotatable bonds is 7. The number of aromatic nitrogens is 5. The molecule has 6 rings (SSSR count). The Morgan fingerprint density at radius 3 is 2.35 bits per heavy atom. The molecule has 37 heavy (non-hydrogen) atoms. The van der Waals surface area contributed by atoms with Crippen LogP contribution >= 0.6 is 23.7 Å². The number of para-hydroxylation sites is 1. The molecule has 0 bridgehead atoms. The fourth-order valence-electron chi connectivity index (χ4n) is 4.88. The minimum atomic E-state index is 0. The van der Waals surface area contributed by atoms with Crippen molar-refractivity contribution >= 4 is 39.1 Å². The van der Waals surface area contributed by atoms with Crippen molar-refractivity contribution in [3.63, 3.8) is 0 Å². The van der Waals surface area contributed by atoms with Crippen molar-refractivity contribution in [2.75, 3.05) is 31.1 Å². The van der Waals surface area contributed by atoms with Gasteiger partial charge in [0.25, 0.3) is 0 Å². The van der Waals surface area contributed by atoms with Crippen molar-refractivity contribution in [2.24, 2.45) is 0 Å². The number of benzene rings is 3. The molecule has 0 amide bonds. The molecule has 1 atom stereocenters. The summed E-state index contributed by atoms with van der Waals surface area (Å²) in [5.41, 5.74) is 4.84. The van der Waals surface area contributed by atoms with Gasteiger partial charge < -0.3 is 4.90 Å². The topological polar surface area (TPSA) is 63.0 Å². The largest absolute Gasteiger partial charge is 0.345 e. The number of nitrogens with zero attached hydrogens (tertiary/aromatic N) is 7. The SMILES string of the molecule is Cc1ccc(C(c2nnnn2CCc2ccccc2)N2CCN(c3nc4ccccc4s3)CC2)cc1.Cl. The van der Waals surface area contributed by atoms with Gasteiger partial charge in [-0.3, -0.25) is 4.90 Å². The van der Waals surface area contributed by atoms with Crippen LogP contribution in [0.3, 0.4) is 0 Å². The van der Waals surface area contributed by atoms with E-state index in [0.29, 0.717) is 0 Å². The fraction of sp³-hybridized carbons (Fsp3) is 0.286. The molecule has 0 spiro atoms. The highest BCUT2D eigenvalue weighted by Gasteiger charge is 2.31. The van der Waals surface area contributed by atoms with Crippen LogP contribution in [0.2, 0.25) is 0 Å². The van der Waals surface area contributed by atoms with E-state index in [4.69, 9.17) is 4.98 Å². The zero-order chi connectivity index (χ0) is 24.3. The monoisotopic (exact) mass is 531 g/mol. The normalized spacial score (nSPS) is 15.0. The molecule has 3 heterocycles. The molecule has 1 saturated heterocycles. The molecule has 190 valence electrons. The van der Waals surface area contributed by atoms with E-state index in [0.717, 1.165) is 55.6 Å². The van der Waals surface area contributed by atoms with Crippen LogP contribution in [0, 0.1) is 6.92 Å². The first kappa shape index (κ1) is 25.3. The highest BCUT2D eigenvalue weighted by molar-refractivity contribution is 7.22. The third-order valence-corrected chi connectivity index (χ3v) is 7.98. The molecule has 1 aliphatic heterocycles. The smallest absolute Gasteiger partial charge is 0.186 e. The van der Waals surface area contributed by atoms with E-state index >= 15 is 0 Å². The van der Waals surface area contributed by atoms with Gasteiger partial charge in [-0.2, -0.15) is 0 Å². The third kappa shape index (κ3) is 5.51. The standard InChI is InChI=1S/C28H29N7S.ClH/c1-21-11-13-23(14-12-21)26(27-30-31-32-35(27)16-15-22-7-3-2-4-8-22)33-17-19-34(20-18-33)28-29-24-9-5-6-10-25(24)36-28;/h2-14,26H,15-20H2,1H3;1H. The summed E-state index contributed by atoms with van der Waals surface area (Å²) < 4.78 is 3.22. The van der Waals surface area contributed by atoms with Crippen molar-refractivity contribution in [3.05, 3.63) is 101 Å². The first-order valence-corrected chi connectivity index (χ1v) is 13.3. The van der Waals surface area contributed by atoms with Gasteiger partial charge in [0, 0.05) is 32.7 Å². The maximum absolute atomic E-state index is 4.88. The number of fused-ring (bicyclic) bond motifs is 1.